The highest BCUT2D eigenvalue weighted by Gasteiger charge is 2.20. The van der Waals surface area contributed by atoms with E-state index in [1.165, 1.54) is 37.4 Å². The van der Waals surface area contributed by atoms with Crippen molar-refractivity contribution >= 4 is 43.2 Å². The summed E-state index contributed by atoms with van der Waals surface area (Å²) in [4.78, 5) is 12.5. The van der Waals surface area contributed by atoms with Gasteiger partial charge in [-0.1, -0.05) is 34.1 Å². The van der Waals surface area contributed by atoms with Gasteiger partial charge in [-0.2, -0.15) is 0 Å². The zero-order valence-corrected chi connectivity index (χ0v) is 18.5. The molecule has 0 saturated carbocycles. The Morgan fingerprint density at radius 3 is 2.43 bits per heavy atom. The van der Waals surface area contributed by atoms with Crippen molar-refractivity contribution in [2.24, 2.45) is 0 Å². The highest BCUT2D eigenvalue weighted by atomic mass is 79.9. The van der Waals surface area contributed by atoms with Crippen LogP contribution in [-0.4, -0.2) is 21.4 Å². The van der Waals surface area contributed by atoms with E-state index in [9.17, 15) is 17.6 Å². The number of anilines is 2. The van der Waals surface area contributed by atoms with Crippen LogP contribution in [0.2, 0.25) is 0 Å². The van der Waals surface area contributed by atoms with Gasteiger partial charge in [0.1, 0.15) is 11.6 Å². The van der Waals surface area contributed by atoms with Crippen molar-refractivity contribution in [1.29, 1.82) is 0 Å². The van der Waals surface area contributed by atoms with Crippen LogP contribution in [0.1, 0.15) is 15.9 Å². The number of nitrogens with one attached hydrogen (secondary N) is 2. The lowest BCUT2D eigenvalue weighted by atomic mass is 10.1. The zero-order chi connectivity index (χ0) is 21.9. The maximum atomic E-state index is 14.1. The lowest BCUT2D eigenvalue weighted by Crippen LogP contribution is -2.17. The molecule has 30 heavy (non-hydrogen) atoms. The second-order valence-corrected chi connectivity index (χ2v) is 8.96. The fourth-order valence-corrected chi connectivity index (χ4v) is 4.17. The van der Waals surface area contributed by atoms with Gasteiger partial charge >= 0.3 is 0 Å². The van der Waals surface area contributed by atoms with Crippen molar-refractivity contribution in [2.45, 2.75) is 11.8 Å². The van der Waals surface area contributed by atoms with Gasteiger partial charge in [-0.15, -0.1) is 0 Å². The van der Waals surface area contributed by atoms with Crippen LogP contribution in [0.15, 0.2) is 70.0 Å². The predicted molar refractivity (Wildman–Crippen MR) is 117 cm³/mol. The second-order valence-electron chi connectivity index (χ2n) is 6.36. The molecule has 0 aliphatic heterocycles. The molecule has 6 nitrogen and oxygen atoms in total. The summed E-state index contributed by atoms with van der Waals surface area (Å²) in [6.07, 6.45) is 0. The standard InChI is InChI=1S/C21H18BrFN2O4S/c1-13-5-3-4-6-16(13)21(26)24-19-12-15(8-10-20(19)29-2)30(27,28)25-18-9-7-14(22)11-17(18)23/h3-12,25H,1-2H3,(H,24,26). The lowest BCUT2D eigenvalue weighted by Gasteiger charge is -2.14. The number of methoxy groups -OCH3 is 1. The minimum atomic E-state index is -4.12. The summed E-state index contributed by atoms with van der Waals surface area (Å²) in [7, 11) is -2.71. The molecular formula is C21H18BrFN2O4S. The number of aryl methyl sites for hydroxylation is 1. The van der Waals surface area contributed by atoms with Crippen LogP contribution in [0.4, 0.5) is 15.8 Å². The summed E-state index contributed by atoms with van der Waals surface area (Å²) in [6.45, 7) is 1.80. The fraction of sp³-hybridized carbons (Fsp3) is 0.0952. The quantitative estimate of drug-likeness (QED) is 0.509. The van der Waals surface area contributed by atoms with E-state index >= 15 is 0 Å². The van der Waals surface area contributed by atoms with Crippen molar-refractivity contribution in [3.63, 3.8) is 0 Å². The number of carbonyl (C=O) groups is 1. The molecule has 0 aliphatic carbocycles. The number of rotatable bonds is 6. The van der Waals surface area contributed by atoms with Crippen molar-refractivity contribution in [1.82, 2.24) is 0 Å². The molecule has 0 saturated heterocycles. The molecule has 2 N–H and O–H groups in total. The smallest absolute Gasteiger partial charge is 0.262 e. The highest BCUT2D eigenvalue weighted by molar-refractivity contribution is 9.10. The van der Waals surface area contributed by atoms with Crippen LogP contribution in [0.3, 0.4) is 0 Å². The van der Waals surface area contributed by atoms with Gasteiger partial charge in [-0.05, 0) is 55.0 Å². The van der Waals surface area contributed by atoms with Gasteiger partial charge in [0.05, 0.1) is 23.4 Å². The van der Waals surface area contributed by atoms with Gasteiger partial charge in [0.2, 0.25) is 0 Å². The number of amides is 1. The summed E-state index contributed by atoms with van der Waals surface area (Å²) < 4.78 is 47.5. The number of carbonyl (C=O) groups excluding carboxylic acids is 1. The monoisotopic (exact) mass is 492 g/mol. The average Bonchev–Trinajstić information content (AvgIpc) is 2.70. The maximum Gasteiger partial charge on any atom is 0.262 e. The van der Waals surface area contributed by atoms with Crippen molar-refractivity contribution in [3.05, 3.63) is 82.1 Å². The molecule has 0 heterocycles. The first kappa shape index (κ1) is 21.8. The second kappa shape index (κ2) is 8.85. The molecule has 0 atom stereocenters. The van der Waals surface area contributed by atoms with E-state index < -0.39 is 21.7 Å². The Morgan fingerprint density at radius 2 is 1.77 bits per heavy atom. The van der Waals surface area contributed by atoms with E-state index in [1.807, 2.05) is 6.07 Å². The molecule has 0 spiro atoms. The molecule has 3 rings (SSSR count). The molecule has 3 aromatic carbocycles. The van der Waals surface area contributed by atoms with Crippen molar-refractivity contribution in [3.8, 4) is 5.75 Å². The number of sulfonamides is 1. The number of ether oxygens (including phenoxy) is 1. The average molecular weight is 493 g/mol. The Labute approximate surface area is 182 Å². The van der Waals surface area contributed by atoms with E-state index in [4.69, 9.17) is 4.74 Å². The number of hydrogen-bond donors (Lipinski definition) is 2. The first-order valence-electron chi connectivity index (χ1n) is 8.74. The van der Waals surface area contributed by atoms with Gasteiger partial charge in [0.15, 0.2) is 0 Å². The third-order valence-electron chi connectivity index (χ3n) is 4.29. The van der Waals surface area contributed by atoms with E-state index in [0.717, 1.165) is 11.6 Å². The van der Waals surface area contributed by atoms with Crippen LogP contribution < -0.4 is 14.8 Å². The Balaban J connectivity index is 1.93. The molecule has 0 unspecified atom stereocenters. The number of benzene rings is 3. The molecule has 0 aromatic heterocycles. The minimum absolute atomic E-state index is 0.161. The number of hydrogen-bond acceptors (Lipinski definition) is 4. The van der Waals surface area contributed by atoms with Gasteiger partial charge in [0.25, 0.3) is 15.9 Å². The third-order valence-corrected chi connectivity index (χ3v) is 6.15. The Morgan fingerprint density at radius 1 is 1.03 bits per heavy atom. The largest absolute Gasteiger partial charge is 0.495 e. The normalized spacial score (nSPS) is 11.1. The molecule has 3 aromatic rings. The summed E-state index contributed by atoms with van der Waals surface area (Å²) >= 11 is 3.12. The molecule has 0 radical (unpaired) electrons. The van der Waals surface area contributed by atoms with Gasteiger partial charge < -0.3 is 10.1 Å². The van der Waals surface area contributed by atoms with Gasteiger partial charge in [-0.3, -0.25) is 9.52 Å². The SMILES string of the molecule is COc1ccc(S(=O)(=O)Nc2ccc(Br)cc2F)cc1NC(=O)c1ccccc1C. The molecule has 1 amide bonds. The van der Waals surface area contributed by atoms with Gasteiger partial charge in [0, 0.05) is 10.0 Å². The van der Waals surface area contributed by atoms with E-state index in [1.54, 1.807) is 25.1 Å². The van der Waals surface area contributed by atoms with E-state index in [0.29, 0.717) is 10.0 Å². The van der Waals surface area contributed by atoms with Crippen LogP contribution in [0, 0.1) is 12.7 Å². The Kier molecular flexibility index (Phi) is 6.42. The molecule has 9 heteroatoms. The van der Waals surface area contributed by atoms with E-state index in [-0.39, 0.29) is 22.0 Å². The van der Waals surface area contributed by atoms with Crippen LogP contribution >= 0.6 is 15.9 Å². The Hall–Kier alpha value is -2.91. The van der Waals surface area contributed by atoms with Gasteiger partial charge in [-0.25, -0.2) is 12.8 Å². The minimum Gasteiger partial charge on any atom is -0.495 e. The molecule has 0 aliphatic rings. The van der Waals surface area contributed by atoms with Crippen molar-refractivity contribution in [2.75, 3.05) is 17.1 Å². The Bertz CT molecular complexity index is 1220. The summed E-state index contributed by atoms with van der Waals surface area (Å²) in [5, 5.41) is 2.68. The molecular weight excluding hydrogens is 475 g/mol. The third kappa shape index (κ3) is 4.80. The summed E-state index contributed by atoms with van der Waals surface area (Å²) in [6, 6.07) is 15.0. The molecule has 0 bridgehead atoms. The first-order chi connectivity index (χ1) is 14.2. The first-order valence-corrected chi connectivity index (χ1v) is 11.0. The van der Waals surface area contributed by atoms with Crippen LogP contribution in [0.25, 0.3) is 0 Å². The highest BCUT2D eigenvalue weighted by Crippen LogP contribution is 2.30. The number of halogens is 2. The summed E-state index contributed by atoms with van der Waals surface area (Å²) in [5.41, 5.74) is 1.19. The lowest BCUT2D eigenvalue weighted by molar-refractivity contribution is 0.102. The van der Waals surface area contributed by atoms with Crippen molar-refractivity contribution < 1.29 is 22.3 Å². The predicted octanol–water partition coefficient (Wildman–Crippen LogP) is 4.96. The molecule has 156 valence electrons. The summed E-state index contributed by atoms with van der Waals surface area (Å²) in [5.74, 6) is -0.854. The topological polar surface area (TPSA) is 84.5 Å². The van der Waals surface area contributed by atoms with Crippen LogP contribution in [-0.2, 0) is 10.0 Å². The maximum absolute atomic E-state index is 14.1. The molecule has 0 fully saturated rings. The fourth-order valence-electron chi connectivity index (χ4n) is 2.75. The van der Waals surface area contributed by atoms with E-state index in [2.05, 4.69) is 26.0 Å². The van der Waals surface area contributed by atoms with Crippen LogP contribution in [0.5, 0.6) is 5.75 Å². The zero-order valence-electron chi connectivity index (χ0n) is 16.1.